The van der Waals surface area contributed by atoms with Crippen molar-refractivity contribution >= 4 is 6.29 Å². The molecule has 198 valence electrons. The third kappa shape index (κ3) is 6.56. The van der Waals surface area contributed by atoms with E-state index in [1.165, 1.54) is 13.0 Å². The van der Waals surface area contributed by atoms with Gasteiger partial charge in [0, 0.05) is 43.2 Å². The zero-order chi connectivity index (χ0) is 26.4. The molecule has 7 heteroatoms. The van der Waals surface area contributed by atoms with Gasteiger partial charge in [0.15, 0.2) is 0 Å². The highest BCUT2D eigenvalue weighted by atomic mass is 19.1. The van der Waals surface area contributed by atoms with E-state index in [9.17, 15) is 14.4 Å². The Hall–Kier alpha value is -2.79. The SMILES string of the molecule is CN1CCCOCC1.Cc1cc2c(cc1CC(C#N)C(C)CC=O)OCc1cc(F)c(C3COC3)cc1-2. The smallest absolute Gasteiger partial charge is 0.127 e. The number of halogens is 1. The maximum absolute atomic E-state index is 14.5. The molecule has 2 atom stereocenters. The molecule has 5 rings (SSSR count). The summed E-state index contributed by atoms with van der Waals surface area (Å²) in [5, 5.41) is 9.54. The Labute approximate surface area is 219 Å². The van der Waals surface area contributed by atoms with Gasteiger partial charge in [-0.2, -0.15) is 5.26 Å². The topological polar surface area (TPSA) is 71.8 Å². The summed E-state index contributed by atoms with van der Waals surface area (Å²) in [6.07, 6.45) is 3.02. The average Bonchev–Trinajstić information content (AvgIpc) is 3.10. The molecular formula is C30H37FN2O4. The molecule has 0 amide bonds. The molecule has 0 aromatic heterocycles. The molecule has 0 bridgehead atoms. The lowest BCUT2D eigenvalue weighted by Gasteiger charge is -2.29. The van der Waals surface area contributed by atoms with E-state index in [1.54, 1.807) is 6.07 Å². The van der Waals surface area contributed by atoms with Crippen LogP contribution in [0, 0.1) is 35.9 Å². The molecule has 0 aliphatic carbocycles. The van der Waals surface area contributed by atoms with E-state index in [0.29, 0.717) is 38.2 Å². The number of nitrogens with zero attached hydrogens (tertiary/aromatic N) is 2. The van der Waals surface area contributed by atoms with Gasteiger partial charge in [0.25, 0.3) is 0 Å². The Bertz CT molecular complexity index is 1130. The summed E-state index contributed by atoms with van der Waals surface area (Å²) in [5.41, 5.74) is 5.64. The van der Waals surface area contributed by atoms with Gasteiger partial charge in [0.05, 0.1) is 31.8 Å². The molecule has 6 nitrogen and oxygen atoms in total. The summed E-state index contributed by atoms with van der Waals surface area (Å²) < 4.78 is 30.9. The van der Waals surface area contributed by atoms with Crippen LogP contribution < -0.4 is 4.74 Å². The highest BCUT2D eigenvalue weighted by Gasteiger charge is 2.28. The number of rotatable bonds is 6. The first-order valence-corrected chi connectivity index (χ1v) is 13.2. The first kappa shape index (κ1) is 27.3. The Morgan fingerprint density at radius 2 is 1.97 bits per heavy atom. The first-order chi connectivity index (χ1) is 17.9. The minimum atomic E-state index is -0.229. The highest BCUT2D eigenvalue weighted by Crippen LogP contribution is 2.42. The van der Waals surface area contributed by atoms with E-state index < -0.39 is 0 Å². The predicted molar refractivity (Wildman–Crippen MR) is 140 cm³/mol. The fraction of sp³-hybridized carbons (Fsp3) is 0.533. The second kappa shape index (κ2) is 12.6. The van der Waals surface area contributed by atoms with E-state index in [4.69, 9.17) is 14.2 Å². The van der Waals surface area contributed by atoms with E-state index >= 15 is 0 Å². The molecule has 0 N–H and O–H groups in total. The normalized spacial score (nSPS) is 18.9. The van der Waals surface area contributed by atoms with Crippen LogP contribution in [0.25, 0.3) is 11.1 Å². The van der Waals surface area contributed by atoms with Crippen molar-refractivity contribution in [2.24, 2.45) is 11.8 Å². The molecule has 3 heterocycles. The average molecular weight is 509 g/mol. The molecule has 2 aromatic carbocycles. The van der Waals surface area contributed by atoms with Gasteiger partial charge in [-0.05, 0) is 79.3 Å². The van der Waals surface area contributed by atoms with Gasteiger partial charge in [-0.1, -0.05) is 6.92 Å². The first-order valence-electron chi connectivity index (χ1n) is 13.2. The standard InChI is InChI=1S/C24H24FNO3.C6H13NO/c1-14(3-4-27)17(10-26)6-16-8-24-22(5-15(16)2)20-9-21(19-11-28-12-19)23(25)7-18(20)13-29-24;1-7-3-2-5-8-6-4-7/h4-5,7-9,14,17,19H,3,6,11-13H2,1-2H3;2-6H2,1H3. The predicted octanol–water partition coefficient (Wildman–Crippen LogP) is 5.05. The monoisotopic (exact) mass is 508 g/mol. The molecule has 3 aliphatic rings. The number of aryl methyl sites for hydroxylation is 1. The number of hydrogen-bond acceptors (Lipinski definition) is 6. The van der Waals surface area contributed by atoms with Crippen LogP contribution >= 0.6 is 0 Å². The lowest BCUT2D eigenvalue weighted by Crippen LogP contribution is -2.26. The Balaban J connectivity index is 0.000000342. The fourth-order valence-corrected chi connectivity index (χ4v) is 4.96. The number of ether oxygens (including phenoxy) is 3. The maximum Gasteiger partial charge on any atom is 0.127 e. The molecule has 3 aliphatic heterocycles. The summed E-state index contributed by atoms with van der Waals surface area (Å²) in [4.78, 5) is 13.1. The summed E-state index contributed by atoms with van der Waals surface area (Å²) in [6, 6.07) is 9.95. The van der Waals surface area contributed by atoms with E-state index in [-0.39, 0.29) is 23.6 Å². The Kier molecular flexibility index (Phi) is 9.31. The second-order valence-electron chi connectivity index (χ2n) is 10.4. The molecule has 37 heavy (non-hydrogen) atoms. The van der Waals surface area contributed by atoms with Crippen LogP contribution in [0.15, 0.2) is 24.3 Å². The molecule has 0 saturated carbocycles. The largest absolute Gasteiger partial charge is 0.488 e. The van der Waals surface area contributed by atoms with Crippen molar-refractivity contribution < 1.29 is 23.4 Å². The third-order valence-corrected chi connectivity index (χ3v) is 7.62. The molecule has 0 spiro atoms. The van der Waals surface area contributed by atoms with Gasteiger partial charge in [-0.25, -0.2) is 4.39 Å². The number of fused-ring (bicyclic) bond motifs is 3. The van der Waals surface area contributed by atoms with Gasteiger partial charge in [0.1, 0.15) is 24.5 Å². The second-order valence-corrected chi connectivity index (χ2v) is 10.4. The molecular weight excluding hydrogens is 471 g/mol. The van der Waals surface area contributed by atoms with Gasteiger partial charge in [-0.15, -0.1) is 0 Å². The van der Waals surface area contributed by atoms with Crippen molar-refractivity contribution in [3.63, 3.8) is 0 Å². The fourth-order valence-electron chi connectivity index (χ4n) is 4.96. The van der Waals surface area contributed by atoms with Crippen molar-refractivity contribution in [3.05, 3.63) is 52.3 Å². The van der Waals surface area contributed by atoms with Crippen molar-refractivity contribution in [2.45, 2.75) is 45.6 Å². The van der Waals surface area contributed by atoms with Crippen LogP contribution in [0.3, 0.4) is 0 Å². The van der Waals surface area contributed by atoms with Crippen molar-refractivity contribution in [2.75, 3.05) is 46.6 Å². The summed E-state index contributed by atoms with van der Waals surface area (Å²) >= 11 is 0. The Morgan fingerprint density at radius 3 is 2.68 bits per heavy atom. The number of carbonyl (C=O) groups is 1. The molecule has 0 radical (unpaired) electrons. The van der Waals surface area contributed by atoms with Gasteiger partial charge in [-0.3, -0.25) is 0 Å². The lowest BCUT2D eigenvalue weighted by molar-refractivity contribution is -0.108. The third-order valence-electron chi connectivity index (χ3n) is 7.62. The highest BCUT2D eigenvalue weighted by molar-refractivity contribution is 5.77. The van der Waals surface area contributed by atoms with Crippen LogP contribution in [0.4, 0.5) is 4.39 Å². The van der Waals surface area contributed by atoms with Crippen molar-refractivity contribution in [1.82, 2.24) is 4.90 Å². The van der Waals surface area contributed by atoms with Gasteiger partial charge in [0.2, 0.25) is 0 Å². The zero-order valence-electron chi connectivity index (χ0n) is 22.1. The molecule has 2 saturated heterocycles. The van der Waals surface area contributed by atoms with Crippen LogP contribution in [-0.2, 0) is 27.3 Å². The van der Waals surface area contributed by atoms with Crippen LogP contribution in [-0.4, -0.2) is 57.8 Å². The summed E-state index contributed by atoms with van der Waals surface area (Å²) in [5.74, 6) is 0.457. The van der Waals surface area contributed by atoms with Gasteiger partial charge >= 0.3 is 0 Å². The van der Waals surface area contributed by atoms with Gasteiger partial charge < -0.3 is 23.9 Å². The number of nitriles is 1. The van der Waals surface area contributed by atoms with Crippen molar-refractivity contribution in [3.8, 4) is 22.9 Å². The van der Waals surface area contributed by atoms with E-state index in [0.717, 1.165) is 59.6 Å². The number of likely N-dealkylation sites (N-methyl/N-ethyl adjacent to an activating group) is 1. The Morgan fingerprint density at radius 1 is 1.16 bits per heavy atom. The number of aldehydes is 1. The summed E-state index contributed by atoms with van der Waals surface area (Å²) in [6.45, 7) is 9.56. The minimum absolute atomic E-state index is 0.00445. The number of benzene rings is 2. The van der Waals surface area contributed by atoms with E-state index in [2.05, 4.69) is 24.1 Å². The quantitative estimate of drug-likeness (QED) is 0.509. The van der Waals surface area contributed by atoms with Crippen LogP contribution in [0.2, 0.25) is 0 Å². The van der Waals surface area contributed by atoms with E-state index in [1.807, 2.05) is 26.0 Å². The molecule has 2 unspecified atom stereocenters. The number of carbonyl (C=O) groups excluding carboxylic acids is 1. The number of hydrogen-bond donors (Lipinski definition) is 0. The van der Waals surface area contributed by atoms with Crippen LogP contribution in [0.1, 0.15) is 47.9 Å². The molecule has 2 fully saturated rings. The molecule has 2 aromatic rings. The lowest BCUT2D eigenvalue weighted by atomic mass is 9.84. The maximum atomic E-state index is 14.5. The minimum Gasteiger partial charge on any atom is -0.488 e. The zero-order valence-corrected chi connectivity index (χ0v) is 22.1. The van der Waals surface area contributed by atoms with Crippen LogP contribution in [0.5, 0.6) is 5.75 Å². The van der Waals surface area contributed by atoms with Crippen molar-refractivity contribution in [1.29, 1.82) is 5.26 Å². The summed E-state index contributed by atoms with van der Waals surface area (Å²) in [7, 11) is 2.13.